The van der Waals surface area contributed by atoms with Crippen LogP contribution in [-0.2, 0) is 9.59 Å². The van der Waals surface area contributed by atoms with Gasteiger partial charge in [0.1, 0.15) is 5.82 Å². The third-order valence-electron chi connectivity index (χ3n) is 2.15. The highest BCUT2D eigenvalue weighted by molar-refractivity contribution is 8.00. The second kappa shape index (κ2) is 4.13. The predicted molar refractivity (Wildman–Crippen MR) is 58.2 cm³/mol. The molecular formula is C10H9FN2O2S. The summed E-state index contributed by atoms with van der Waals surface area (Å²) in [6.07, 6.45) is 0.0906. The third kappa shape index (κ3) is 2.16. The lowest BCUT2D eigenvalue weighted by Crippen LogP contribution is -2.23. The van der Waals surface area contributed by atoms with Crippen molar-refractivity contribution in [1.82, 2.24) is 5.32 Å². The van der Waals surface area contributed by atoms with Crippen LogP contribution in [0.5, 0.6) is 0 Å². The highest BCUT2D eigenvalue weighted by Gasteiger charge is 2.31. The molecule has 2 rings (SSSR count). The minimum absolute atomic E-state index is 0.0906. The molecule has 1 aromatic rings. The Labute approximate surface area is 95.4 Å². The van der Waals surface area contributed by atoms with Crippen molar-refractivity contribution in [2.24, 2.45) is 0 Å². The number of imide groups is 1. The maximum atomic E-state index is 13.4. The van der Waals surface area contributed by atoms with E-state index in [1.54, 1.807) is 6.07 Å². The van der Waals surface area contributed by atoms with Crippen LogP contribution in [0.3, 0.4) is 0 Å². The van der Waals surface area contributed by atoms with Gasteiger partial charge in [0.2, 0.25) is 11.8 Å². The van der Waals surface area contributed by atoms with Crippen molar-refractivity contribution in [3.8, 4) is 0 Å². The number of thioether (sulfide) groups is 1. The Morgan fingerprint density at radius 1 is 1.44 bits per heavy atom. The first-order valence-corrected chi connectivity index (χ1v) is 5.49. The average Bonchev–Trinajstić information content (AvgIpc) is 2.50. The Kier molecular flexibility index (Phi) is 2.82. The minimum atomic E-state index is -0.550. The lowest BCUT2D eigenvalue weighted by molar-refractivity contribution is -0.124. The summed E-state index contributed by atoms with van der Waals surface area (Å²) in [5, 5.41) is 1.62. The van der Waals surface area contributed by atoms with E-state index in [1.165, 1.54) is 12.1 Å². The third-order valence-corrected chi connectivity index (χ3v) is 3.40. The summed E-state index contributed by atoms with van der Waals surface area (Å²) in [4.78, 5) is 22.5. The van der Waals surface area contributed by atoms with E-state index in [9.17, 15) is 14.0 Å². The molecule has 16 heavy (non-hydrogen) atoms. The maximum Gasteiger partial charge on any atom is 0.240 e. The SMILES string of the molecule is Nc1ccc(SC2CC(=O)NC2=O)c(F)c1. The van der Waals surface area contributed by atoms with Gasteiger partial charge in [-0.05, 0) is 18.2 Å². The van der Waals surface area contributed by atoms with E-state index in [0.717, 1.165) is 11.8 Å². The highest BCUT2D eigenvalue weighted by atomic mass is 32.2. The summed E-state index contributed by atoms with van der Waals surface area (Å²) in [5.74, 6) is -1.17. The summed E-state index contributed by atoms with van der Waals surface area (Å²) in [5.41, 5.74) is 5.73. The Balaban J connectivity index is 2.15. The average molecular weight is 240 g/mol. The normalized spacial score (nSPS) is 19.9. The number of carbonyl (C=O) groups excluding carboxylic acids is 2. The summed E-state index contributed by atoms with van der Waals surface area (Å²) in [7, 11) is 0. The fourth-order valence-electron chi connectivity index (χ4n) is 1.39. The van der Waals surface area contributed by atoms with Crippen molar-refractivity contribution in [3.63, 3.8) is 0 Å². The zero-order valence-corrected chi connectivity index (χ0v) is 9.01. The Morgan fingerprint density at radius 3 is 2.75 bits per heavy atom. The number of nitrogens with two attached hydrogens (primary N) is 1. The van der Waals surface area contributed by atoms with Gasteiger partial charge in [0, 0.05) is 17.0 Å². The topological polar surface area (TPSA) is 72.2 Å². The van der Waals surface area contributed by atoms with Crippen molar-refractivity contribution in [2.75, 3.05) is 5.73 Å². The van der Waals surface area contributed by atoms with Crippen LogP contribution in [0.1, 0.15) is 6.42 Å². The number of nitrogens with one attached hydrogen (secondary N) is 1. The molecule has 1 unspecified atom stereocenters. The Bertz CT molecular complexity index is 464. The van der Waals surface area contributed by atoms with Crippen molar-refractivity contribution in [3.05, 3.63) is 24.0 Å². The number of anilines is 1. The van der Waals surface area contributed by atoms with Gasteiger partial charge in [-0.1, -0.05) is 0 Å². The molecule has 1 heterocycles. The number of hydrogen-bond donors (Lipinski definition) is 2. The lowest BCUT2D eigenvalue weighted by atomic mass is 10.3. The van der Waals surface area contributed by atoms with Gasteiger partial charge in [0.05, 0.1) is 5.25 Å². The van der Waals surface area contributed by atoms with Gasteiger partial charge < -0.3 is 5.73 Å². The van der Waals surface area contributed by atoms with Crippen LogP contribution in [0.4, 0.5) is 10.1 Å². The van der Waals surface area contributed by atoms with Crippen molar-refractivity contribution < 1.29 is 14.0 Å². The first kappa shape index (κ1) is 10.9. The number of halogens is 1. The zero-order chi connectivity index (χ0) is 11.7. The van der Waals surface area contributed by atoms with Crippen molar-refractivity contribution in [1.29, 1.82) is 0 Å². The Hall–Kier alpha value is -1.56. The summed E-state index contributed by atoms with van der Waals surface area (Å²) in [6, 6.07) is 4.25. The molecule has 84 valence electrons. The minimum Gasteiger partial charge on any atom is -0.399 e. The van der Waals surface area contributed by atoms with Gasteiger partial charge in [-0.2, -0.15) is 0 Å². The lowest BCUT2D eigenvalue weighted by Gasteiger charge is -2.07. The van der Waals surface area contributed by atoms with Crippen molar-refractivity contribution in [2.45, 2.75) is 16.6 Å². The molecule has 2 amide bonds. The van der Waals surface area contributed by atoms with Crippen LogP contribution >= 0.6 is 11.8 Å². The smallest absolute Gasteiger partial charge is 0.240 e. The van der Waals surface area contributed by atoms with Gasteiger partial charge in [0.25, 0.3) is 0 Å². The molecule has 1 aromatic carbocycles. The number of nitrogen functional groups attached to an aromatic ring is 1. The van der Waals surface area contributed by atoms with Crippen LogP contribution in [0.25, 0.3) is 0 Å². The molecule has 0 bridgehead atoms. The first-order valence-electron chi connectivity index (χ1n) is 4.61. The number of amides is 2. The van der Waals surface area contributed by atoms with Crippen LogP contribution in [0, 0.1) is 5.82 Å². The predicted octanol–water partition coefficient (Wildman–Crippen LogP) is 0.915. The van der Waals surface area contributed by atoms with E-state index in [1.807, 2.05) is 0 Å². The van der Waals surface area contributed by atoms with E-state index in [-0.39, 0.29) is 18.2 Å². The summed E-state index contributed by atoms with van der Waals surface area (Å²) >= 11 is 1.03. The number of benzene rings is 1. The summed E-state index contributed by atoms with van der Waals surface area (Å²) < 4.78 is 13.4. The molecule has 6 heteroatoms. The molecule has 1 atom stereocenters. The largest absolute Gasteiger partial charge is 0.399 e. The Morgan fingerprint density at radius 2 is 2.19 bits per heavy atom. The second-order valence-electron chi connectivity index (χ2n) is 3.41. The molecule has 4 nitrogen and oxygen atoms in total. The highest BCUT2D eigenvalue weighted by Crippen LogP contribution is 2.30. The molecule has 0 aromatic heterocycles. The fraction of sp³-hybridized carbons (Fsp3) is 0.200. The van der Waals surface area contributed by atoms with Crippen LogP contribution < -0.4 is 11.1 Å². The second-order valence-corrected chi connectivity index (χ2v) is 4.66. The van der Waals surface area contributed by atoms with Gasteiger partial charge in [-0.3, -0.25) is 14.9 Å². The van der Waals surface area contributed by atoms with Crippen LogP contribution in [0.2, 0.25) is 0 Å². The van der Waals surface area contributed by atoms with Gasteiger partial charge in [-0.15, -0.1) is 11.8 Å². The molecule has 1 aliphatic rings. The molecule has 0 saturated carbocycles. The molecule has 1 fully saturated rings. The zero-order valence-electron chi connectivity index (χ0n) is 8.20. The summed E-state index contributed by atoms with van der Waals surface area (Å²) in [6.45, 7) is 0. The van der Waals surface area contributed by atoms with E-state index < -0.39 is 11.1 Å². The van der Waals surface area contributed by atoms with E-state index in [2.05, 4.69) is 5.32 Å². The monoisotopic (exact) mass is 240 g/mol. The van der Waals surface area contributed by atoms with E-state index in [4.69, 9.17) is 5.73 Å². The first-order chi connectivity index (χ1) is 7.56. The standard InChI is InChI=1S/C10H9FN2O2S/c11-6-3-5(12)1-2-7(6)16-8-4-9(14)13-10(8)15/h1-3,8H,4,12H2,(H,13,14,15). The van der Waals surface area contributed by atoms with E-state index in [0.29, 0.717) is 10.6 Å². The molecule has 0 aliphatic carbocycles. The molecular weight excluding hydrogens is 231 g/mol. The molecule has 3 N–H and O–H groups in total. The van der Waals surface area contributed by atoms with E-state index >= 15 is 0 Å². The van der Waals surface area contributed by atoms with Gasteiger partial charge in [0.15, 0.2) is 0 Å². The molecule has 0 spiro atoms. The van der Waals surface area contributed by atoms with Crippen LogP contribution in [0.15, 0.2) is 23.1 Å². The van der Waals surface area contributed by atoms with Gasteiger partial charge in [-0.25, -0.2) is 4.39 Å². The number of hydrogen-bond acceptors (Lipinski definition) is 4. The quantitative estimate of drug-likeness (QED) is 0.595. The van der Waals surface area contributed by atoms with Gasteiger partial charge >= 0.3 is 0 Å². The fourth-order valence-corrected chi connectivity index (χ4v) is 2.42. The molecule has 1 saturated heterocycles. The number of rotatable bonds is 2. The molecule has 1 aliphatic heterocycles. The van der Waals surface area contributed by atoms with Crippen LogP contribution in [-0.4, -0.2) is 17.1 Å². The van der Waals surface area contributed by atoms with Crippen molar-refractivity contribution >= 4 is 29.3 Å². The maximum absolute atomic E-state index is 13.4. The molecule has 0 radical (unpaired) electrons. The number of carbonyl (C=O) groups is 2.